The largest absolute Gasteiger partial charge is 0.321 e. The average Bonchev–Trinajstić information content (AvgIpc) is 2.70. The SMILES string of the molecule is CN(C)CC(C)(C)CN1C(=O)CNC1c1ccccc1. The zero-order valence-electron chi connectivity index (χ0n) is 12.9. The number of amides is 1. The predicted molar refractivity (Wildman–Crippen MR) is 81.2 cm³/mol. The van der Waals surface area contributed by atoms with E-state index in [-0.39, 0.29) is 17.5 Å². The van der Waals surface area contributed by atoms with E-state index >= 15 is 0 Å². The third kappa shape index (κ3) is 3.58. The molecule has 0 aromatic heterocycles. The van der Waals surface area contributed by atoms with Gasteiger partial charge in [-0.25, -0.2) is 0 Å². The van der Waals surface area contributed by atoms with E-state index in [0.717, 1.165) is 18.7 Å². The van der Waals surface area contributed by atoms with Gasteiger partial charge in [-0.05, 0) is 25.1 Å². The standard InChI is InChI=1S/C16H25N3O/c1-16(2,11-18(3)4)12-19-14(20)10-17-15(19)13-8-6-5-7-9-13/h5-9,15,17H,10-12H2,1-4H3. The molecule has 1 unspecified atom stereocenters. The fourth-order valence-corrected chi connectivity index (χ4v) is 3.02. The van der Waals surface area contributed by atoms with Gasteiger partial charge in [0, 0.05) is 13.1 Å². The molecule has 110 valence electrons. The maximum Gasteiger partial charge on any atom is 0.238 e. The van der Waals surface area contributed by atoms with Gasteiger partial charge in [-0.1, -0.05) is 44.2 Å². The van der Waals surface area contributed by atoms with Crippen molar-refractivity contribution >= 4 is 5.91 Å². The van der Waals surface area contributed by atoms with E-state index in [2.05, 4.69) is 50.3 Å². The molecular formula is C16H25N3O. The third-order valence-electron chi connectivity index (χ3n) is 3.54. The second-order valence-electron chi connectivity index (χ2n) is 6.62. The zero-order chi connectivity index (χ0) is 14.8. The van der Waals surface area contributed by atoms with Crippen molar-refractivity contribution in [1.82, 2.24) is 15.1 Å². The molecule has 1 aliphatic heterocycles. The predicted octanol–water partition coefficient (Wildman–Crippen LogP) is 1.70. The van der Waals surface area contributed by atoms with E-state index < -0.39 is 0 Å². The van der Waals surface area contributed by atoms with Crippen LogP contribution in [0.1, 0.15) is 25.6 Å². The highest BCUT2D eigenvalue weighted by Gasteiger charge is 2.35. The first kappa shape index (κ1) is 15.0. The molecule has 4 heteroatoms. The Bertz CT molecular complexity index is 456. The summed E-state index contributed by atoms with van der Waals surface area (Å²) >= 11 is 0. The normalized spacial score (nSPS) is 19.9. The maximum absolute atomic E-state index is 12.2. The van der Waals surface area contributed by atoms with Gasteiger partial charge in [0.05, 0.1) is 6.54 Å². The lowest BCUT2D eigenvalue weighted by atomic mass is 9.91. The van der Waals surface area contributed by atoms with E-state index in [1.165, 1.54) is 0 Å². The molecule has 1 amide bonds. The Morgan fingerprint density at radius 2 is 1.95 bits per heavy atom. The highest BCUT2D eigenvalue weighted by molar-refractivity contribution is 5.81. The van der Waals surface area contributed by atoms with Crippen LogP contribution in [-0.4, -0.2) is 49.4 Å². The maximum atomic E-state index is 12.2. The number of hydrogen-bond donors (Lipinski definition) is 1. The van der Waals surface area contributed by atoms with Gasteiger partial charge in [0.15, 0.2) is 0 Å². The van der Waals surface area contributed by atoms with E-state index in [4.69, 9.17) is 0 Å². The molecule has 1 atom stereocenters. The van der Waals surface area contributed by atoms with Crippen LogP contribution >= 0.6 is 0 Å². The first-order chi connectivity index (χ1) is 9.39. The molecule has 20 heavy (non-hydrogen) atoms. The third-order valence-corrected chi connectivity index (χ3v) is 3.54. The van der Waals surface area contributed by atoms with Crippen molar-refractivity contribution in [2.24, 2.45) is 5.41 Å². The lowest BCUT2D eigenvalue weighted by Crippen LogP contribution is -2.42. The van der Waals surface area contributed by atoms with Crippen molar-refractivity contribution < 1.29 is 4.79 Å². The number of carbonyl (C=O) groups excluding carboxylic acids is 1. The highest BCUT2D eigenvalue weighted by Crippen LogP contribution is 2.27. The smallest absolute Gasteiger partial charge is 0.238 e. The second kappa shape index (κ2) is 5.94. The zero-order valence-corrected chi connectivity index (χ0v) is 12.9. The van der Waals surface area contributed by atoms with Crippen molar-refractivity contribution in [1.29, 1.82) is 0 Å². The number of benzene rings is 1. The molecule has 0 bridgehead atoms. The number of hydrogen-bond acceptors (Lipinski definition) is 3. The lowest BCUT2D eigenvalue weighted by molar-refractivity contribution is -0.129. The summed E-state index contributed by atoms with van der Waals surface area (Å²) in [7, 11) is 4.14. The second-order valence-corrected chi connectivity index (χ2v) is 6.62. The van der Waals surface area contributed by atoms with Crippen LogP contribution in [0.2, 0.25) is 0 Å². The van der Waals surface area contributed by atoms with Gasteiger partial charge in [-0.15, -0.1) is 0 Å². The number of nitrogens with zero attached hydrogens (tertiary/aromatic N) is 2. The summed E-state index contributed by atoms with van der Waals surface area (Å²) in [6, 6.07) is 10.2. The van der Waals surface area contributed by atoms with Crippen molar-refractivity contribution in [3.63, 3.8) is 0 Å². The average molecular weight is 275 g/mol. The van der Waals surface area contributed by atoms with Crippen LogP contribution in [0.25, 0.3) is 0 Å². The van der Waals surface area contributed by atoms with Crippen LogP contribution in [0.15, 0.2) is 30.3 Å². The molecule has 0 saturated carbocycles. The Kier molecular flexibility index (Phi) is 4.45. The van der Waals surface area contributed by atoms with E-state index in [1.807, 2.05) is 23.1 Å². The first-order valence-corrected chi connectivity index (χ1v) is 7.12. The Labute approximate surface area is 121 Å². The van der Waals surface area contributed by atoms with E-state index in [0.29, 0.717) is 6.54 Å². The van der Waals surface area contributed by atoms with Crippen LogP contribution < -0.4 is 5.32 Å². The van der Waals surface area contributed by atoms with Crippen LogP contribution in [0.5, 0.6) is 0 Å². The lowest BCUT2D eigenvalue weighted by Gasteiger charge is -2.35. The molecule has 2 rings (SSSR count). The molecule has 1 saturated heterocycles. The fraction of sp³-hybridized carbons (Fsp3) is 0.562. The summed E-state index contributed by atoms with van der Waals surface area (Å²) < 4.78 is 0. The molecule has 4 nitrogen and oxygen atoms in total. The molecule has 1 aromatic rings. The summed E-state index contributed by atoms with van der Waals surface area (Å²) in [5, 5.41) is 3.31. The fourth-order valence-electron chi connectivity index (χ4n) is 3.02. The van der Waals surface area contributed by atoms with Gasteiger partial charge in [0.25, 0.3) is 0 Å². The molecular weight excluding hydrogens is 250 g/mol. The Morgan fingerprint density at radius 3 is 2.55 bits per heavy atom. The summed E-state index contributed by atoms with van der Waals surface area (Å²) in [6.45, 7) is 6.56. The molecule has 1 heterocycles. The molecule has 0 aliphatic carbocycles. The minimum absolute atomic E-state index is 0.00476. The number of carbonyl (C=O) groups is 1. The highest BCUT2D eigenvalue weighted by atomic mass is 16.2. The van der Waals surface area contributed by atoms with Crippen LogP contribution in [0, 0.1) is 5.41 Å². The van der Waals surface area contributed by atoms with Gasteiger partial charge >= 0.3 is 0 Å². The number of rotatable bonds is 5. The van der Waals surface area contributed by atoms with Crippen molar-refractivity contribution in [3.8, 4) is 0 Å². The number of nitrogens with one attached hydrogen (secondary N) is 1. The first-order valence-electron chi connectivity index (χ1n) is 7.12. The molecule has 0 spiro atoms. The van der Waals surface area contributed by atoms with Crippen molar-refractivity contribution in [3.05, 3.63) is 35.9 Å². The molecule has 1 fully saturated rings. The Hall–Kier alpha value is -1.39. The van der Waals surface area contributed by atoms with Crippen LogP contribution in [0.4, 0.5) is 0 Å². The van der Waals surface area contributed by atoms with Gasteiger partial charge in [0.2, 0.25) is 5.91 Å². The van der Waals surface area contributed by atoms with Crippen molar-refractivity contribution in [2.45, 2.75) is 20.0 Å². The van der Waals surface area contributed by atoms with Crippen molar-refractivity contribution in [2.75, 3.05) is 33.7 Å². The quantitative estimate of drug-likeness (QED) is 0.888. The molecule has 1 aromatic carbocycles. The van der Waals surface area contributed by atoms with E-state index in [9.17, 15) is 4.79 Å². The minimum atomic E-state index is 0.00476. The summed E-state index contributed by atoms with van der Waals surface area (Å²) in [5.41, 5.74) is 1.22. The van der Waals surface area contributed by atoms with Gasteiger partial charge in [0.1, 0.15) is 6.17 Å². The molecule has 0 radical (unpaired) electrons. The van der Waals surface area contributed by atoms with Crippen LogP contribution in [-0.2, 0) is 4.79 Å². The summed E-state index contributed by atoms with van der Waals surface area (Å²) in [5.74, 6) is 0.186. The van der Waals surface area contributed by atoms with E-state index in [1.54, 1.807) is 0 Å². The summed E-state index contributed by atoms with van der Waals surface area (Å²) in [6.07, 6.45) is 0.00476. The summed E-state index contributed by atoms with van der Waals surface area (Å²) in [4.78, 5) is 16.3. The molecule has 1 N–H and O–H groups in total. The minimum Gasteiger partial charge on any atom is -0.321 e. The van der Waals surface area contributed by atoms with Gasteiger partial charge in [-0.3, -0.25) is 10.1 Å². The van der Waals surface area contributed by atoms with Gasteiger partial charge in [-0.2, -0.15) is 0 Å². The van der Waals surface area contributed by atoms with Crippen LogP contribution in [0.3, 0.4) is 0 Å². The Balaban J connectivity index is 2.13. The topological polar surface area (TPSA) is 35.6 Å². The molecule has 1 aliphatic rings. The monoisotopic (exact) mass is 275 g/mol. The Morgan fingerprint density at radius 1 is 1.30 bits per heavy atom. The van der Waals surface area contributed by atoms with Gasteiger partial charge < -0.3 is 9.80 Å².